The number of nitrogens with zero attached hydrogens (tertiary/aromatic N) is 1. The van der Waals surface area contributed by atoms with Crippen molar-refractivity contribution in [2.45, 2.75) is 0 Å². The molecule has 2 aromatic heterocycles. The van der Waals surface area contributed by atoms with Crippen LogP contribution >= 0.6 is 11.3 Å². The molecule has 2 nitrogen and oxygen atoms in total. The second-order valence-electron chi connectivity index (χ2n) is 12.9. The molecule has 10 rings (SSSR count). The average Bonchev–Trinajstić information content (AvgIpc) is 3.77. The first-order chi connectivity index (χ1) is 25.3. The molecule has 10 aromatic rings. The van der Waals surface area contributed by atoms with Crippen LogP contribution in [0.25, 0.3) is 75.5 Å². The molecule has 3 heteroatoms. The maximum absolute atomic E-state index is 6.45. The van der Waals surface area contributed by atoms with Crippen LogP contribution in [0.1, 0.15) is 0 Å². The fourth-order valence-corrected chi connectivity index (χ4v) is 8.57. The number of hydrogen-bond acceptors (Lipinski definition) is 3. The zero-order valence-electron chi connectivity index (χ0n) is 27.7. The average molecular weight is 670 g/mol. The van der Waals surface area contributed by atoms with Crippen molar-refractivity contribution in [2.75, 3.05) is 4.90 Å². The lowest BCUT2D eigenvalue weighted by atomic mass is 9.94. The summed E-state index contributed by atoms with van der Waals surface area (Å²) in [6.07, 6.45) is 0. The molecule has 0 bridgehead atoms. The van der Waals surface area contributed by atoms with Gasteiger partial charge in [0.05, 0.1) is 5.69 Å². The van der Waals surface area contributed by atoms with E-state index in [4.69, 9.17) is 4.42 Å². The first kappa shape index (κ1) is 29.5. The second-order valence-corrected chi connectivity index (χ2v) is 14.0. The number of hydrogen-bond donors (Lipinski definition) is 0. The zero-order chi connectivity index (χ0) is 33.7. The van der Waals surface area contributed by atoms with Crippen molar-refractivity contribution in [1.29, 1.82) is 0 Å². The molecule has 2 heterocycles. The van der Waals surface area contributed by atoms with E-state index in [-0.39, 0.29) is 0 Å². The SMILES string of the molecule is c1ccc(-c2ccc(-c3c(N(c4ccc(-c5ccccc5)cc4)c4ccc5c(c4)oc4ccccc45)ccc4sc5ccccc5c34)cc2)cc1. The Balaban J connectivity index is 1.23. The molecule has 0 amide bonds. The van der Waals surface area contributed by atoms with Crippen molar-refractivity contribution < 1.29 is 4.42 Å². The van der Waals surface area contributed by atoms with Crippen LogP contribution in [0.15, 0.2) is 192 Å². The minimum absolute atomic E-state index is 0.871. The lowest BCUT2D eigenvalue weighted by molar-refractivity contribution is 0.669. The molecular formula is C48H31NOS. The first-order valence-electron chi connectivity index (χ1n) is 17.3. The van der Waals surface area contributed by atoms with Gasteiger partial charge in [-0.2, -0.15) is 0 Å². The number of thiophene rings is 1. The van der Waals surface area contributed by atoms with Gasteiger partial charge in [-0.15, -0.1) is 11.3 Å². The molecule has 0 saturated carbocycles. The Morgan fingerprint density at radius 3 is 1.65 bits per heavy atom. The Hall–Kier alpha value is -6.42. The summed E-state index contributed by atoms with van der Waals surface area (Å²) in [7, 11) is 0. The van der Waals surface area contributed by atoms with E-state index in [0.29, 0.717) is 0 Å². The van der Waals surface area contributed by atoms with Crippen molar-refractivity contribution in [3.63, 3.8) is 0 Å². The summed E-state index contributed by atoms with van der Waals surface area (Å²) in [6, 6.07) is 67.4. The lowest BCUT2D eigenvalue weighted by Gasteiger charge is -2.28. The molecule has 51 heavy (non-hydrogen) atoms. The van der Waals surface area contributed by atoms with Crippen LogP contribution in [0.5, 0.6) is 0 Å². The molecule has 240 valence electrons. The molecular weight excluding hydrogens is 639 g/mol. The van der Waals surface area contributed by atoms with Gasteiger partial charge in [0, 0.05) is 53.9 Å². The van der Waals surface area contributed by atoms with Crippen molar-refractivity contribution in [2.24, 2.45) is 0 Å². The van der Waals surface area contributed by atoms with E-state index in [1.165, 1.54) is 53.6 Å². The van der Waals surface area contributed by atoms with E-state index >= 15 is 0 Å². The summed E-state index contributed by atoms with van der Waals surface area (Å²) in [4.78, 5) is 2.40. The quantitative estimate of drug-likeness (QED) is 0.175. The molecule has 0 fully saturated rings. The highest BCUT2D eigenvalue weighted by Crippen LogP contribution is 2.49. The highest BCUT2D eigenvalue weighted by Gasteiger charge is 2.23. The van der Waals surface area contributed by atoms with E-state index < -0.39 is 0 Å². The van der Waals surface area contributed by atoms with Crippen molar-refractivity contribution in [3.05, 3.63) is 188 Å². The van der Waals surface area contributed by atoms with Crippen LogP contribution in [-0.2, 0) is 0 Å². The van der Waals surface area contributed by atoms with Crippen molar-refractivity contribution in [1.82, 2.24) is 0 Å². The Morgan fingerprint density at radius 1 is 0.373 bits per heavy atom. The molecule has 8 aromatic carbocycles. The number of para-hydroxylation sites is 1. The fourth-order valence-electron chi connectivity index (χ4n) is 7.46. The third-order valence-corrected chi connectivity index (χ3v) is 11.0. The third-order valence-electron chi connectivity index (χ3n) is 9.90. The molecule has 0 atom stereocenters. The van der Waals surface area contributed by atoms with E-state index in [9.17, 15) is 0 Å². The van der Waals surface area contributed by atoms with Gasteiger partial charge in [-0.25, -0.2) is 0 Å². The smallest absolute Gasteiger partial charge is 0.137 e. The van der Waals surface area contributed by atoms with Gasteiger partial charge < -0.3 is 9.32 Å². The minimum Gasteiger partial charge on any atom is -0.456 e. The number of rotatable bonds is 6. The van der Waals surface area contributed by atoms with Gasteiger partial charge in [0.2, 0.25) is 0 Å². The normalized spacial score (nSPS) is 11.5. The number of benzene rings is 8. The predicted molar refractivity (Wildman–Crippen MR) is 218 cm³/mol. The van der Waals surface area contributed by atoms with Crippen LogP contribution < -0.4 is 4.90 Å². The van der Waals surface area contributed by atoms with Gasteiger partial charge in [-0.3, -0.25) is 0 Å². The summed E-state index contributed by atoms with van der Waals surface area (Å²) in [5.41, 5.74) is 12.2. The highest BCUT2D eigenvalue weighted by molar-refractivity contribution is 7.26. The molecule has 0 spiro atoms. The van der Waals surface area contributed by atoms with Crippen LogP contribution in [0.4, 0.5) is 17.1 Å². The van der Waals surface area contributed by atoms with E-state index in [1.54, 1.807) is 0 Å². The Kier molecular flexibility index (Phi) is 7.04. The maximum Gasteiger partial charge on any atom is 0.137 e. The van der Waals surface area contributed by atoms with Crippen molar-refractivity contribution >= 4 is 70.5 Å². The third kappa shape index (κ3) is 5.10. The Morgan fingerprint density at radius 2 is 0.922 bits per heavy atom. The zero-order valence-corrected chi connectivity index (χ0v) is 28.5. The first-order valence-corrected chi connectivity index (χ1v) is 18.1. The topological polar surface area (TPSA) is 16.4 Å². The molecule has 0 N–H and O–H groups in total. The van der Waals surface area contributed by atoms with Crippen LogP contribution in [0, 0.1) is 0 Å². The maximum atomic E-state index is 6.45. The molecule has 0 aliphatic rings. The highest BCUT2D eigenvalue weighted by atomic mass is 32.1. The van der Waals surface area contributed by atoms with Gasteiger partial charge in [-0.1, -0.05) is 133 Å². The Labute approximate surface area is 300 Å². The summed E-state index contributed by atoms with van der Waals surface area (Å²) in [5, 5.41) is 4.79. The number of fused-ring (bicyclic) bond motifs is 6. The standard InChI is InChI=1S/C48H31NOS/c1-3-11-32(12-4-1)34-19-21-36(22-20-34)47-42(29-30-46-48(47)41-16-8-10-18-45(41)51-46)49(37-25-23-35(24-26-37)33-13-5-2-6-14-33)38-27-28-40-39-15-7-9-17-43(39)50-44(40)31-38/h1-31H. The van der Waals surface area contributed by atoms with Gasteiger partial charge in [0.1, 0.15) is 11.2 Å². The predicted octanol–water partition coefficient (Wildman–Crippen LogP) is 14.4. The van der Waals surface area contributed by atoms with Gasteiger partial charge in [0.25, 0.3) is 0 Å². The van der Waals surface area contributed by atoms with E-state index in [1.807, 2.05) is 23.5 Å². The van der Waals surface area contributed by atoms with E-state index in [2.05, 4.69) is 181 Å². The molecule has 0 unspecified atom stereocenters. The second kappa shape index (κ2) is 12.2. The Bertz CT molecular complexity index is 2830. The largest absolute Gasteiger partial charge is 0.456 e. The fraction of sp³-hybridized carbons (Fsp3) is 0. The molecule has 0 aliphatic carbocycles. The summed E-state index contributed by atoms with van der Waals surface area (Å²) < 4.78 is 9.01. The monoisotopic (exact) mass is 669 g/mol. The van der Waals surface area contributed by atoms with E-state index in [0.717, 1.165) is 39.0 Å². The molecule has 0 saturated heterocycles. The van der Waals surface area contributed by atoms with Gasteiger partial charge in [0.15, 0.2) is 0 Å². The van der Waals surface area contributed by atoms with Crippen LogP contribution in [-0.4, -0.2) is 0 Å². The van der Waals surface area contributed by atoms with Crippen LogP contribution in [0.3, 0.4) is 0 Å². The van der Waals surface area contributed by atoms with Crippen molar-refractivity contribution in [3.8, 4) is 33.4 Å². The summed E-state index contributed by atoms with van der Waals surface area (Å²) in [6.45, 7) is 0. The number of anilines is 3. The number of furan rings is 1. The van der Waals surface area contributed by atoms with Crippen LogP contribution in [0.2, 0.25) is 0 Å². The van der Waals surface area contributed by atoms with Gasteiger partial charge >= 0.3 is 0 Å². The molecule has 0 radical (unpaired) electrons. The lowest BCUT2D eigenvalue weighted by Crippen LogP contribution is -2.11. The van der Waals surface area contributed by atoms with Gasteiger partial charge in [-0.05, 0) is 76.3 Å². The summed E-state index contributed by atoms with van der Waals surface area (Å²) in [5.74, 6) is 0. The summed E-state index contributed by atoms with van der Waals surface area (Å²) >= 11 is 1.85. The minimum atomic E-state index is 0.871. The molecule has 0 aliphatic heterocycles.